The summed E-state index contributed by atoms with van der Waals surface area (Å²) in [5.74, 6) is -1.21. The molecule has 1 heterocycles. The number of aromatic carboxylic acids is 1. The number of morpholine rings is 1. The van der Waals surface area contributed by atoms with Crippen LogP contribution in [0.3, 0.4) is 0 Å². The van der Waals surface area contributed by atoms with Crippen LogP contribution in [0.5, 0.6) is 5.75 Å². The van der Waals surface area contributed by atoms with Gasteiger partial charge in [-0.1, -0.05) is 0 Å². The maximum atomic E-state index is 12.7. The van der Waals surface area contributed by atoms with Crippen molar-refractivity contribution in [2.24, 2.45) is 0 Å². The average molecular weight is 331 g/mol. The van der Waals surface area contributed by atoms with Crippen LogP contribution in [0, 0.1) is 0 Å². The number of methoxy groups -OCH3 is 1. The molecule has 0 saturated carbocycles. The van der Waals surface area contributed by atoms with E-state index in [4.69, 9.17) is 14.6 Å². The Bertz CT molecular complexity index is 658. The van der Waals surface area contributed by atoms with Gasteiger partial charge in [-0.25, -0.2) is 13.2 Å². The van der Waals surface area contributed by atoms with Gasteiger partial charge in [0.05, 0.1) is 37.9 Å². The fraction of sp³-hybridized carbons (Fsp3) is 0.462. The van der Waals surface area contributed by atoms with E-state index >= 15 is 0 Å². The molecule has 0 spiro atoms. The molecule has 0 radical (unpaired) electrons. The molecule has 1 atom stereocenters. The Balaban J connectivity index is 2.45. The predicted molar refractivity (Wildman–Crippen MR) is 75.5 cm³/mol. The topological polar surface area (TPSA) is 113 Å². The first kappa shape index (κ1) is 16.7. The van der Waals surface area contributed by atoms with Gasteiger partial charge in [-0.3, -0.25) is 0 Å². The number of ether oxygens (including phenoxy) is 2. The molecule has 1 aromatic carbocycles. The summed E-state index contributed by atoms with van der Waals surface area (Å²) in [4.78, 5) is 11.0. The van der Waals surface area contributed by atoms with Crippen LogP contribution in [0.15, 0.2) is 23.1 Å². The van der Waals surface area contributed by atoms with E-state index in [1.165, 1.54) is 19.2 Å². The number of sulfonamides is 1. The van der Waals surface area contributed by atoms with E-state index in [9.17, 15) is 18.3 Å². The first-order chi connectivity index (χ1) is 10.4. The molecule has 1 aliphatic heterocycles. The highest BCUT2D eigenvalue weighted by Crippen LogP contribution is 2.26. The Morgan fingerprint density at radius 3 is 2.82 bits per heavy atom. The number of aliphatic hydroxyl groups excluding tert-OH is 1. The lowest BCUT2D eigenvalue weighted by atomic mass is 10.2. The van der Waals surface area contributed by atoms with Gasteiger partial charge in [-0.05, 0) is 18.2 Å². The van der Waals surface area contributed by atoms with Crippen LogP contribution >= 0.6 is 0 Å². The van der Waals surface area contributed by atoms with Crippen molar-refractivity contribution in [1.29, 1.82) is 0 Å². The smallest absolute Gasteiger partial charge is 0.339 e. The highest BCUT2D eigenvalue weighted by Gasteiger charge is 2.34. The number of aliphatic hydroxyl groups is 1. The van der Waals surface area contributed by atoms with Crippen LogP contribution < -0.4 is 4.74 Å². The lowest BCUT2D eigenvalue weighted by molar-refractivity contribution is 0.0109. The van der Waals surface area contributed by atoms with E-state index in [-0.39, 0.29) is 42.6 Å². The molecule has 2 rings (SSSR count). The third-order valence-corrected chi connectivity index (χ3v) is 5.34. The van der Waals surface area contributed by atoms with Crippen molar-refractivity contribution >= 4 is 16.0 Å². The van der Waals surface area contributed by atoms with Crippen molar-refractivity contribution < 1.29 is 32.9 Å². The average Bonchev–Trinajstić information content (AvgIpc) is 2.53. The summed E-state index contributed by atoms with van der Waals surface area (Å²) >= 11 is 0. The Labute approximate surface area is 127 Å². The zero-order valence-corrected chi connectivity index (χ0v) is 12.7. The molecule has 1 aliphatic rings. The quantitative estimate of drug-likeness (QED) is 0.766. The summed E-state index contributed by atoms with van der Waals surface area (Å²) in [5.41, 5.74) is -0.239. The van der Waals surface area contributed by atoms with Crippen molar-refractivity contribution in [1.82, 2.24) is 4.31 Å². The van der Waals surface area contributed by atoms with Crippen LogP contribution in [0.4, 0.5) is 0 Å². The minimum absolute atomic E-state index is 0.0761. The van der Waals surface area contributed by atoms with Crippen molar-refractivity contribution in [3.63, 3.8) is 0 Å². The van der Waals surface area contributed by atoms with Crippen LogP contribution in [0.2, 0.25) is 0 Å². The highest BCUT2D eigenvalue weighted by molar-refractivity contribution is 7.89. The van der Waals surface area contributed by atoms with Crippen molar-refractivity contribution in [2.45, 2.75) is 10.9 Å². The second kappa shape index (κ2) is 6.61. The molecule has 8 nitrogen and oxygen atoms in total. The number of carbonyl (C=O) groups is 1. The molecule has 1 saturated heterocycles. The molecule has 0 amide bonds. The molecule has 1 fully saturated rings. The lowest BCUT2D eigenvalue weighted by Gasteiger charge is -2.33. The van der Waals surface area contributed by atoms with E-state index in [0.29, 0.717) is 0 Å². The number of carboxylic acids is 1. The van der Waals surface area contributed by atoms with Crippen LogP contribution in [0.1, 0.15) is 10.4 Å². The fourth-order valence-electron chi connectivity index (χ4n) is 2.25. The van der Waals surface area contributed by atoms with Gasteiger partial charge in [0, 0.05) is 6.54 Å². The van der Waals surface area contributed by atoms with Gasteiger partial charge in [-0.2, -0.15) is 4.31 Å². The number of nitrogens with zero attached hydrogens (tertiary/aromatic N) is 1. The molecule has 0 aromatic heterocycles. The van der Waals surface area contributed by atoms with Gasteiger partial charge in [0.25, 0.3) is 0 Å². The molecule has 9 heteroatoms. The van der Waals surface area contributed by atoms with Crippen LogP contribution in [-0.4, -0.2) is 68.4 Å². The highest BCUT2D eigenvalue weighted by atomic mass is 32.2. The number of hydrogen-bond acceptors (Lipinski definition) is 6. The first-order valence-corrected chi connectivity index (χ1v) is 7.97. The number of rotatable bonds is 5. The van der Waals surface area contributed by atoms with Gasteiger partial charge in [0.2, 0.25) is 10.0 Å². The SMILES string of the molecule is COc1ccc(S(=O)(=O)N2CCOCC2CO)cc1C(=O)O. The fourth-order valence-corrected chi connectivity index (χ4v) is 3.86. The van der Waals surface area contributed by atoms with Crippen molar-refractivity contribution in [3.05, 3.63) is 23.8 Å². The maximum Gasteiger partial charge on any atom is 0.339 e. The Morgan fingerprint density at radius 2 is 2.23 bits per heavy atom. The summed E-state index contributed by atoms with van der Waals surface area (Å²) < 4.78 is 36.5. The second-order valence-electron chi connectivity index (χ2n) is 4.69. The third kappa shape index (κ3) is 3.07. The van der Waals surface area contributed by atoms with E-state index in [0.717, 1.165) is 10.4 Å². The van der Waals surface area contributed by atoms with Crippen molar-refractivity contribution in [3.8, 4) is 5.75 Å². The number of carboxylic acid groups (broad SMARTS) is 1. The summed E-state index contributed by atoms with van der Waals surface area (Å²) in [6.45, 7) is 0.0402. The van der Waals surface area contributed by atoms with E-state index in [1.807, 2.05) is 0 Å². The largest absolute Gasteiger partial charge is 0.496 e. The Kier molecular flexibility index (Phi) is 5.01. The normalized spacial score (nSPS) is 19.8. The Morgan fingerprint density at radius 1 is 1.50 bits per heavy atom. The summed E-state index contributed by atoms with van der Waals surface area (Å²) in [5, 5.41) is 18.4. The molecule has 1 aromatic rings. The molecule has 1 unspecified atom stereocenters. The van der Waals surface area contributed by atoms with Gasteiger partial charge in [-0.15, -0.1) is 0 Å². The van der Waals surface area contributed by atoms with Crippen LogP contribution in [-0.2, 0) is 14.8 Å². The molecule has 22 heavy (non-hydrogen) atoms. The molecule has 2 N–H and O–H groups in total. The van der Waals surface area contributed by atoms with E-state index in [1.54, 1.807) is 0 Å². The summed E-state index contributed by atoms with van der Waals surface area (Å²) in [6.07, 6.45) is 0. The zero-order chi connectivity index (χ0) is 16.3. The third-order valence-electron chi connectivity index (χ3n) is 3.39. The molecular formula is C13H17NO7S. The summed E-state index contributed by atoms with van der Waals surface area (Å²) in [6, 6.07) is 2.95. The second-order valence-corrected chi connectivity index (χ2v) is 6.58. The van der Waals surface area contributed by atoms with Gasteiger partial charge in [0.15, 0.2) is 0 Å². The van der Waals surface area contributed by atoms with Gasteiger partial charge >= 0.3 is 5.97 Å². The molecule has 0 bridgehead atoms. The summed E-state index contributed by atoms with van der Waals surface area (Å²) in [7, 11) is -2.62. The van der Waals surface area contributed by atoms with Gasteiger partial charge < -0.3 is 19.7 Å². The standard InChI is InChI=1S/C13H17NO7S/c1-20-12-3-2-10(6-11(12)13(16)17)22(18,19)14-4-5-21-8-9(14)7-15/h2-3,6,9,15H,4-5,7-8H2,1H3,(H,16,17). The lowest BCUT2D eigenvalue weighted by Crippen LogP contribution is -2.50. The van der Waals surface area contributed by atoms with Gasteiger partial charge in [0.1, 0.15) is 11.3 Å². The number of benzene rings is 1. The molecule has 122 valence electrons. The number of hydrogen-bond donors (Lipinski definition) is 2. The minimum atomic E-state index is -3.93. The van der Waals surface area contributed by atoms with E-state index < -0.39 is 22.0 Å². The Hall–Kier alpha value is -1.68. The molecular weight excluding hydrogens is 314 g/mol. The monoisotopic (exact) mass is 331 g/mol. The first-order valence-electron chi connectivity index (χ1n) is 6.53. The van der Waals surface area contributed by atoms with Crippen molar-refractivity contribution in [2.75, 3.05) is 33.5 Å². The van der Waals surface area contributed by atoms with Crippen LogP contribution in [0.25, 0.3) is 0 Å². The van der Waals surface area contributed by atoms with E-state index in [2.05, 4.69) is 0 Å². The zero-order valence-electron chi connectivity index (χ0n) is 11.9. The predicted octanol–water partition coefficient (Wildman–Crippen LogP) is -0.225. The maximum absolute atomic E-state index is 12.7. The molecule has 0 aliphatic carbocycles. The minimum Gasteiger partial charge on any atom is -0.496 e.